The molecular weight excluding hydrogens is 260 g/mol. The van der Waals surface area contributed by atoms with Gasteiger partial charge in [0.15, 0.2) is 5.65 Å². The smallest absolute Gasteiger partial charge is 0.164 e. The number of fused-ring (bicyclic) bond motifs is 1. The first kappa shape index (κ1) is 12.0. The topological polar surface area (TPSA) is 52.3 Å². The lowest BCUT2D eigenvalue weighted by molar-refractivity contribution is 0.414. The summed E-state index contributed by atoms with van der Waals surface area (Å²) in [5, 5.41) is 8.77. The standard InChI is InChI=1S/C13H12N4OS/c1-18-11-4-2-10(3-5-11)7-19-13-6-12-16-15-9-17(12)8-14-13/h2-6,8-9H,7H2,1H3. The summed E-state index contributed by atoms with van der Waals surface area (Å²) in [6.45, 7) is 0. The van der Waals surface area contributed by atoms with Crippen LogP contribution < -0.4 is 4.74 Å². The Morgan fingerprint density at radius 2 is 2.05 bits per heavy atom. The Hall–Kier alpha value is -2.08. The van der Waals surface area contributed by atoms with Crippen LogP contribution in [0.15, 0.2) is 48.0 Å². The fraction of sp³-hybridized carbons (Fsp3) is 0.154. The number of hydrogen-bond acceptors (Lipinski definition) is 5. The predicted molar refractivity (Wildman–Crippen MR) is 73.3 cm³/mol. The van der Waals surface area contributed by atoms with E-state index in [0.29, 0.717) is 0 Å². The summed E-state index contributed by atoms with van der Waals surface area (Å²) in [6.07, 6.45) is 3.37. The summed E-state index contributed by atoms with van der Waals surface area (Å²) in [5.41, 5.74) is 2.04. The zero-order valence-corrected chi connectivity index (χ0v) is 11.2. The van der Waals surface area contributed by atoms with Crippen molar-refractivity contribution < 1.29 is 4.74 Å². The highest BCUT2D eigenvalue weighted by atomic mass is 32.2. The zero-order valence-electron chi connectivity index (χ0n) is 10.4. The van der Waals surface area contributed by atoms with Crippen LogP contribution in [0.25, 0.3) is 5.65 Å². The Bertz CT molecular complexity index is 680. The molecule has 5 nitrogen and oxygen atoms in total. The molecule has 0 fully saturated rings. The summed E-state index contributed by atoms with van der Waals surface area (Å²) in [5.74, 6) is 1.73. The molecule has 0 aliphatic rings. The third-order valence-electron chi connectivity index (χ3n) is 2.71. The van der Waals surface area contributed by atoms with Crippen LogP contribution >= 0.6 is 11.8 Å². The molecule has 1 aromatic carbocycles. The molecular formula is C13H12N4OS. The average molecular weight is 272 g/mol. The third-order valence-corrected chi connectivity index (χ3v) is 3.71. The van der Waals surface area contributed by atoms with Crippen LogP contribution in [0.4, 0.5) is 0 Å². The van der Waals surface area contributed by atoms with Gasteiger partial charge in [0.1, 0.15) is 23.4 Å². The Labute approximate surface area is 114 Å². The first-order chi connectivity index (χ1) is 9.35. The molecule has 0 saturated heterocycles. The molecule has 96 valence electrons. The third kappa shape index (κ3) is 2.68. The van der Waals surface area contributed by atoms with Crippen molar-refractivity contribution in [1.82, 2.24) is 19.6 Å². The van der Waals surface area contributed by atoms with Gasteiger partial charge in [-0.2, -0.15) is 0 Å². The van der Waals surface area contributed by atoms with E-state index < -0.39 is 0 Å². The highest BCUT2D eigenvalue weighted by Gasteiger charge is 2.01. The van der Waals surface area contributed by atoms with Crippen LogP contribution in [0, 0.1) is 0 Å². The van der Waals surface area contributed by atoms with Gasteiger partial charge in [-0.25, -0.2) is 4.98 Å². The van der Waals surface area contributed by atoms with Crippen LogP contribution in [0.2, 0.25) is 0 Å². The van der Waals surface area contributed by atoms with E-state index in [1.54, 1.807) is 35.9 Å². The van der Waals surface area contributed by atoms with Crippen LogP contribution in [0.5, 0.6) is 5.75 Å². The zero-order chi connectivity index (χ0) is 13.1. The van der Waals surface area contributed by atoms with Gasteiger partial charge in [0.2, 0.25) is 0 Å². The Kier molecular flexibility index (Phi) is 3.33. The Balaban J connectivity index is 1.70. The first-order valence-corrected chi connectivity index (χ1v) is 6.75. The van der Waals surface area contributed by atoms with E-state index >= 15 is 0 Å². The van der Waals surface area contributed by atoms with E-state index in [4.69, 9.17) is 4.74 Å². The summed E-state index contributed by atoms with van der Waals surface area (Å²) < 4.78 is 6.92. The maximum Gasteiger partial charge on any atom is 0.164 e. The number of aromatic nitrogens is 4. The van der Waals surface area contributed by atoms with Crippen molar-refractivity contribution in [2.75, 3.05) is 7.11 Å². The lowest BCUT2D eigenvalue weighted by Gasteiger charge is -2.03. The van der Waals surface area contributed by atoms with Gasteiger partial charge < -0.3 is 4.74 Å². The van der Waals surface area contributed by atoms with Crippen molar-refractivity contribution in [3.63, 3.8) is 0 Å². The van der Waals surface area contributed by atoms with Gasteiger partial charge in [0.25, 0.3) is 0 Å². The van der Waals surface area contributed by atoms with Gasteiger partial charge in [-0.3, -0.25) is 4.40 Å². The molecule has 19 heavy (non-hydrogen) atoms. The van der Waals surface area contributed by atoms with E-state index in [1.807, 2.05) is 18.2 Å². The van der Waals surface area contributed by atoms with Crippen LogP contribution in [0.1, 0.15) is 5.56 Å². The summed E-state index contributed by atoms with van der Waals surface area (Å²) in [7, 11) is 1.67. The molecule has 3 aromatic rings. The number of ether oxygens (including phenoxy) is 1. The first-order valence-electron chi connectivity index (χ1n) is 5.76. The second kappa shape index (κ2) is 5.27. The maximum atomic E-state index is 5.13. The van der Waals surface area contributed by atoms with Crippen molar-refractivity contribution in [2.24, 2.45) is 0 Å². The molecule has 6 heteroatoms. The highest BCUT2D eigenvalue weighted by molar-refractivity contribution is 7.98. The molecule has 0 radical (unpaired) electrons. The van der Waals surface area contributed by atoms with Gasteiger partial charge in [0, 0.05) is 11.8 Å². The fourth-order valence-corrected chi connectivity index (χ4v) is 2.49. The van der Waals surface area contributed by atoms with Gasteiger partial charge in [-0.1, -0.05) is 12.1 Å². The second-order valence-corrected chi connectivity index (χ2v) is 4.96. The molecule has 0 aliphatic heterocycles. The van der Waals surface area contributed by atoms with Crippen molar-refractivity contribution in [1.29, 1.82) is 0 Å². The minimum absolute atomic E-state index is 0.812. The van der Waals surface area contributed by atoms with Crippen LogP contribution in [0.3, 0.4) is 0 Å². The minimum atomic E-state index is 0.812. The molecule has 0 saturated carbocycles. The maximum absolute atomic E-state index is 5.13. The molecule has 0 N–H and O–H groups in total. The fourth-order valence-electron chi connectivity index (χ4n) is 1.67. The van der Waals surface area contributed by atoms with Crippen molar-refractivity contribution >= 4 is 17.4 Å². The lowest BCUT2D eigenvalue weighted by Crippen LogP contribution is -1.89. The molecule has 3 rings (SSSR count). The van der Waals surface area contributed by atoms with Crippen LogP contribution in [-0.2, 0) is 5.75 Å². The summed E-state index contributed by atoms with van der Waals surface area (Å²) in [4.78, 5) is 4.35. The monoisotopic (exact) mass is 272 g/mol. The van der Waals surface area contributed by atoms with Gasteiger partial charge >= 0.3 is 0 Å². The van der Waals surface area contributed by atoms with Crippen molar-refractivity contribution in [3.8, 4) is 5.75 Å². The number of rotatable bonds is 4. The summed E-state index contributed by atoms with van der Waals surface area (Å²) >= 11 is 1.67. The van der Waals surface area contributed by atoms with Crippen molar-refractivity contribution in [2.45, 2.75) is 10.8 Å². The molecule has 0 atom stereocenters. The van der Waals surface area contributed by atoms with E-state index in [-0.39, 0.29) is 0 Å². The van der Waals surface area contributed by atoms with Gasteiger partial charge in [0.05, 0.1) is 7.11 Å². The summed E-state index contributed by atoms with van der Waals surface area (Å²) in [6, 6.07) is 9.97. The number of methoxy groups -OCH3 is 1. The number of hydrogen-bond donors (Lipinski definition) is 0. The van der Waals surface area contributed by atoms with Crippen molar-refractivity contribution in [3.05, 3.63) is 48.5 Å². The Morgan fingerprint density at radius 3 is 2.84 bits per heavy atom. The SMILES string of the molecule is COc1ccc(CSc2cc3nncn3cn2)cc1. The molecule has 0 aliphatic carbocycles. The normalized spacial score (nSPS) is 10.8. The van der Waals surface area contributed by atoms with E-state index in [2.05, 4.69) is 27.3 Å². The number of nitrogens with zero attached hydrogens (tertiary/aromatic N) is 4. The van der Waals surface area contributed by atoms with E-state index in [0.717, 1.165) is 22.2 Å². The molecule has 0 bridgehead atoms. The van der Waals surface area contributed by atoms with Gasteiger partial charge in [-0.05, 0) is 17.7 Å². The number of thioether (sulfide) groups is 1. The quantitative estimate of drug-likeness (QED) is 0.539. The second-order valence-electron chi connectivity index (χ2n) is 3.96. The largest absolute Gasteiger partial charge is 0.497 e. The van der Waals surface area contributed by atoms with Gasteiger partial charge in [-0.15, -0.1) is 22.0 Å². The molecule has 0 amide bonds. The predicted octanol–water partition coefficient (Wildman–Crippen LogP) is 2.43. The van der Waals surface area contributed by atoms with Crippen LogP contribution in [-0.4, -0.2) is 26.7 Å². The highest BCUT2D eigenvalue weighted by Crippen LogP contribution is 2.22. The average Bonchev–Trinajstić information content (AvgIpc) is 2.93. The Morgan fingerprint density at radius 1 is 1.21 bits per heavy atom. The van der Waals surface area contributed by atoms with E-state index in [1.165, 1.54) is 5.56 Å². The molecule has 0 unspecified atom stereocenters. The molecule has 2 heterocycles. The molecule has 0 spiro atoms. The number of benzene rings is 1. The van der Waals surface area contributed by atoms with E-state index in [9.17, 15) is 0 Å². The molecule has 2 aromatic heterocycles. The lowest BCUT2D eigenvalue weighted by atomic mass is 10.2. The minimum Gasteiger partial charge on any atom is -0.497 e.